The van der Waals surface area contributed by atoms with Crippen LogP contribution in [0.15, 0.2) is 53.3 Å². The lowest BCUT2D eigenvalue weighted by atomic mass is 9.88. The highest BCUT2D eigenvalue weighted by atomic mass is 35.5. The van der Waals surface area contributed by atoms with E-state index in [4.69, 9.17) is 10.2 Å². The summed E-state index contributed by atoms with van der Waals surface area (Å²) in [6, 6.07) is 12.1. The molecule has 1 amide bonds. The number of aryl methyl sites for hydroxylation is 1. The summed E-state index contributed by atoms with van der Waals surface area (Å²) in [5, 5.41) is 7.40. The summed E-state index contributed by atoms with van der Waals surface area (Å²) >= 11 is 0. The van der Waals surface area contributed by atoms with Crippen LogP contribution >= 0.6 is 24.8 Å². The molecule has 4 rings (SSSR count). The largest absolute Gasteiger partial charge is 0.467 e. The number of nitrogens with one attached hydrogen (secondary N) is 1. The second-order valence-electron chi connectivity index (χ2n) is 6.23. The molecule has 0 fully saturated rings. The van der Waals surface area contributed by atoms with Gasteiger partial charge in [-0.2, -0.15) is 5.10 Å². The fraction of sp³-hybridized carbons (Fsp3) is 0.263. The van der Waals surface area contributed by atoms with Crippen molar-refractivity contribution in [3.63, 3.8) is 0 Å². The first-order chi connectivity index (χ1) is 12.3. The fourth-order valence-corrected chi connectivity index (χ4v) is 3.44. The molecule has 2 aromatic heterocycles. The molecule has 0 aliphatic heterocycles. The number of amides is 1. The number of rotatable bonds is 4. The van der Waals surface area contributed by atoms with Gasteiger partial charge in [0.2, 0.25) is 0 Å². The Kier molecular flexibility index (Phi) is 7.07. The summed E-state index contributed by atoms with van der Waals surface area (Å²) in [6.45, 7) is 0.268. The van der Waals surface area contributed by atoms with Gasteiger partial charge >= 0.3 is 0 Å². The van der Waals surface area contributed by atoms with Crippen molar-refractivity contribution in [3.8, 4) is 0 Å². The Bertz CT molecular complexity index is 907. The molecule has 6 nitrogen and oxygen atoms in total. The van der Waals surface area contributed by atoms with E-state index in [-0.39, 0.29) is 43.3 Å². The molecule has 1 aliphatic rings. The number of aromatic nitrogens is 2. The zero-order valence-electron chi connectivity index (χ0n) is 14.6. The minimum absolute atomic E-state index is 0. The second-order valence-corrected chi connectivity index (χ2v) is 6.23. The van der Waals surface area contributed by atoms with Gasteiger partial charge < -0.3 is 15.5 Å². The number of benzene rings is 1. The van der Waals surface area contributed by atoms with Crippen LogP contribution in [0.4, 0.5) is 5.82 Å². The number of hydrogen-bond acceptors (Lipinski definition) is 4. The number of anilines is 1. The van der Waals surface area contributed by atoms with Gasteiger partial charge in [0.05, 0.1) is 24.3 Å². The van der Waals surface area contributed by atoms with Gasteiger partial charge in [0.15, 0.2) is 0 Å². The van der Waals surface area contributed by atoms with Crippen LogP contribution in [-0.4, -0.2) is 15.7 Å². The van der Waals surface area contributed by atoms with E-state index in [1.807, 2.05) is 10.7 Å². The third kappa shape index (κ3) is 4.18. The number of carbonyl (C=O) groups is 1. The first kappa shape index (κ1) is 21.0. The highest BCUT2D eigenvalue weighted by molar-refractivity contribution is 6.03. The molecule has 3 aromatic rings. The molecular formula is C19H22Cl2N4O2. The van der Waals surface area contributed by atoms with Crippen LogP contribution in [0.3, 0.4) is 0 Å². The number of hydrogen-bond donors (Lipinski definition) is 2. The van der Waals surface area contributed by atoms with Gasteiger partial charge in [0.25, 0.3) is 5.91 Å². The van der Waals surface area contributed by atoms with E-state index in [0.29, 0.717) is 17.1 Å². The Morgan fingerprint density at radius 3 is 2.89 bits per heavy atom. The molecule has 144 valence electrons. The SMILES string of the molecule is Cl.Cl.NCc1cc(C(=O)Nc2ccnn2C2CCCc3ccccc32)co1. The topological polar surface area (TPSA) is 86.1 Å². The van der Waals surface area contributed by atoms with E-state index in [2.05, 4.69) is 34.7 Å². The van der Waals surface area contributed by atoms with Crippen LogP contribution in [0.5, 0.6) is 0 Å². The average molecular weight is 409 g/mol. The molecule has 0 saturated carbocycles. The van der Waals surface area contributed by atoms with Gasteiger partial charge in [0.1, 0.15) is 17.8 Å². The lowest BCUT2D eigenvalue weighted by molar-refractivity contribution is 0.102. The predicted molar refractivity (Wildman–Crippen MR) is 109 cm³/mol. The fourth-order valence-electron chi connectivity index (χ4n) is 3.44. The van der Waals surface area contributed by atoms with Crippen LogP contribution < -0.4 is 11.1 Å². The number of carbonyl (C=O) groups excluding carboxylic acids is 1. The molecule has 1 atom stereocenters. The monoisotopic (exact) mass is 408 g/mol. The first-order valence-corrected chi connectivity index (χ1v) is 8.46. The second kappa shape index (κ2) is 9.08. The maximum Gasteiger partial charge on any atom is 0.260 e. The van der Waals surface area contributed by atoms with Crippen LogP contribution in [0.25, 0.3) is 0 Å². The summed E-state index contributed by atoms with van der Waals surface area (Å²) in [7, 11) is 0. The summed E-state index contributed by atoms with van der Waals surface area (Å²) in [5.74, 6) is 1.04. The third-order valence-electron chi connectivity index (χ3n) is 4.66. The lowest BCUT2D eigenvalue weighted by Crippen LogP contribution is -2.22. The minimum atomic E-state index is -0.228. The van der Waals surface area contributed by atoms with Crippen molar-refractivity contribution in [1.82, 2.24) is 9.78 Å². The molecule has 1 unspecified atom stereocenters. The van der Waals surface area contributed by atoms with Gasteiger partial charge in [-0.15, -0.1) is 24.8 Å². The van der Waals surface area contributed by atoms with Crippen LogP contribution in [0.2, 0.25) is 0 Å². The van der Waals surface area contributed by atoms with Crippen molar-refractivity contribution < 1.29 is 9.21 Å². The molecule has 3 N–H and O–H groups in total. The Balaban J connectivity index is 0.00000131. The highest BCUT2D eigenvalue weighted by Gasteiger charge is 2.24. The number of nitrogens with two attached hydrogens (primary N) is 1. The average Bonchev–Trinajstić information content (AvgIpc) is 3.30. The molecule has 0 saturated heterocycles. The number of furan rings is 1. The smallest absolute Gasteiger partial charge is 0.260 e. The third-order valence-corrected chi connectivity index (χ3v) is 4.66. The van der Waals surface area contributed by atoms with E-state index in [1.165, 1.54) is 17.4 Å². The highest BCUT2D eigenvalue weighted by Crippen LogP contribution is 2.34. The predicted octanol–water partition coefficient (Wildman–Crippen LogP) is 3.96. The van der Waals surface area contributed by atoms with Gasteiger partial charge in [0, 0.05) is 6.07 Å². The lowest BCUT2D eigenvalue weighted by Gasteiger charge is -2.27. The molecule has 27 heavy (non-hydrogen) atoms. The van der Waals surface area contributed by atoms with E-state index < -0.39 is 0 Å². The molecule has 1 aromatic carbocycles. The van der Waals surface area contributed by atoms with E-state index in [9.17, 15) is 4.79 Å². The maximum absolute atomic E-state index is 12.5. The minimum Gasteiger partial charge on any atom is -0.467 e. The van der Waals surface area contributed by atoms with E-state index in [1.54, 1.807) is 12.3 Å². The molecular weight excluding hydrogens is 387 g/mol. The van der Waals surface area contributed by atoms with E-state index >= 15 is 0 Å². The number of halogens is 2. The van der Waals surface area contributed by atoms with Crippen LogP contribution in [-0.2, 0) is 13.0 Å². The Morgan fingerprint density at radius 2 is 2.11 bits per heavy atom. The molecule has 2 heterocycles. The molecule has 8 heteroatoms. The number of nitrogens with zero attached hydrogens (tertiary/aromatic N) is 2. The summed E-state index contributed by atoms with van der Waals surface area (Å²) in [6.07, 6.45) is 6.34. The van der Waals surface area contributed by atoms with Gasteiger partial charge in [-0.25, -0.2) is 4.68 Å². The van der Waals surface area contributed by atoms with Crippen molar-refractivity contribution in [2.24, 2.45) is 5.73 Å². The van der Waals surface area contributed by atoms with Crippen molar-refractivity contribution in [3.05, 3.63) is 71.3 Å². The summed E-state index contributed by atoms with van der Waals surface area (Å²) in [4.78, 5) is 12.5. The standard InChI is InChI=1S/C19H20N4O2.2ClH/c20-11-15-10-14(12-25-15)19(24)22-18-8-9-21-23(18)17-7-3-5-13-4-1-2-6-16(13)17;;/h1-2,4,6,8-10,12,17H,3,5,7,11,20H2,(H,22,24);2*1H. The first-order valence-electron chi connectivity index (χ1n) is 8.46. The molecule has 1 aliphatic carbocycles. The molecule has 0 spiro atoms. The summed E-state index contributed by atoms with van der Waals surface area (Å²) < 4.78 is 7.14. The van der Waals surface area contributed by atoms with Crippen molar-refractivity contribution >= 4 is 36.5 Å². The van der Waals surface area contributed by atoms with Crippen molar-refractivity contribution in [2.45, 2.75) is 31.8 Å². The molecule has 0 radical (unpaired) electrons. The normalized spacial score (nSPS) is 15.2. The van der Waals surface area contributed by atoms with Crippen molar-refractivity contribution in [1.29, 1.82) is 0 Å². The van der Waals surface area contributed by atoms with Crippen LogP contribution in [0, 0.1) is 0 Å². The Hall–Kier alpha value is -2.28. The molecule has 0 bridgehead atoms. The Labute approximate surface area is 169 Å². The van der Waals surface area contributed by atoms with Gasteiger partial charge in [-0.1, -0.05) is 24.3 Å². The van der Waals surface area contributed by atoms with Gasteiger partial charge in [-0.3, -0.25) is 4.79 Å². The zero-order valence-corrected chi connectivity index (χ0v) is 16.3. The summed E-state index contributed by atoms with van der Waals surface area (Å²) in [5.41, 5.74) is 8.62. The van der Waals surface area contributed by atoms with E-state index in [0.717, 1.165) is 19.3 Å². The maximum atomic E-state index is 12.5. The zero-order chi connectivity index (χ0) is 17.2. The van der Waals surface area contributed by atoms with Gasteiger partial charge in [-0.05, 0) is 36.5 Å². The quantitative estimate of drug-likeness (QED) is 0.683. The van der Waals surface area contributed by atoms with Crippen LogP contribution in [0.1, 0.15) is 46.1 Å². The number of fused-ring (bicyclic) bond motifs is 1. The van der Waals surface area contributed by atoms with Crippen molar-refractivity contribution in [2.75, 3.05) is 5.32 Å². The Morgan fingerprint density at radius 1 is 1.30 bits per heavy atom.